The minimum atomic E-state index is 0.472. The summed E-state index contributed by atoms with van der Waals surface area (Å²) in [5, 5.41) is 16.9. The number of nitrogens with one attached hydrogen (secondary N) is 1. The summed E-state index contributed by atoms with van der Waals surface area (Å²) in [4.78, 5) is 0. The second-order valence-corrected chi connectivity index (χ2v) is 5.44. The molecule has 0 aliphatic carbocycles. The van der Waals surface area contributed by atoms with Gasteiger partial charge in [-0.05, 0) is 40.8 Å². The highest BCUT2D eigenvalue weighted by Gasteiger charge is 2.06. The van der Waals surface area contributed by atoms with Crippen molar-refractivity contribution >= 4 is 35.1 Å². The molecular formula is C15H12Cl2N6. The molecule has 0 radical (unpaired) electrons. The van der Waals surface area contributed by atoms with Gasteiger partial charge in [0.25, 0.3) is 0 Å². The van der Waals surface area contributed by atoms with E-state index in [1.807, 2.05) is 30.3 Å². The number of aromatic nitrogens is 4. The minimum absolute atomic E-state index is 0.472. The van der Waals surface area contributed by atoms with Crippen LogP contribution >= 0.6 is 23.2 Å². The summed E-state index contributed by atoms with van der Waals surface area (Å²) in [7, 11) is 0. The van der Waals surface area contributed by atoms with E-state index in [1.165, 1.54) is 0 Å². The van der Waals surface area contributed by atoms with Crippen LogP contribution in [0.15, 0.2) is 53.6 Å². The van der Waals surface area contributed by atoms with Crippen LogP contribution in [0.4, 0.5) is 5.69 Å². The molecule has 6 nitrogen and oxygen atoms in total. The maximum Gasteiger partial charge on any atom is 0.162 e. The Morgan fingerprint density at radius 3 is 2.74 bits per heavy atom. The molecule has 0 bridgehead atoms. The van der Waals surface area contributed by atoms with Gasteiger partial charge in [-0.2, -0.15) is 9.78 Å². The summed E-state index contributed by atoms with van der Waals surface area (Å²) >= 11 is 11.9. The number of anilines is 1. The summed E-state index contributed by atoms with van der Waals surface area (Å²) in [6, 6.07) is 14.8. The predicted octanol–water partition coefficient (Wildman–Crippen LogP) is 3.61. The zero-order valence-electron chi connectivity index (χ0n) is 11.9. The number of tetrazole rings is 1. The molecule has 0 saturated carbocycles. The maximum absolute atomic E-state index is 6.06. The van der Waals surface area contributed by atoms with Crippen LogP contribution in [0.2, 0.25) is 10.0 Å². The van der Waals surface area contributed by atoms with Gasteiger partial charge in [0.05, 0.1) is 16.4 Å². The molecule has 0 saturated heterocycles. The van der Waals surface area contributed by atoms with Crippen LogP contribution in [-0.4, -0.2) is 26.4 Å². The summed E-state index contributed by atoms with van der Waals surface area (Å²) < 4.78 is 1.67. The molecule has 1 heterocycles. The van der Waals surface area contributed by atoms with Crippen LogP contribution in [0.3, 0.4) is 0 Å². The van der Waals surface area contributed by atoms with E-state index in [1.54, 1.807) is 29.1 Å². The van der Waals surface area contributed by atoms with Gasteiger partial charge in [-0.3, -0.25) is 5.43 Å². The number of nitrogens with zero attached hydrogens (tertiary/aromatic N) is 5. The van der Waals surface area contributed by atoms with Crippen molar-refractivity contribution in [3.05, 3.63) is 64.4 Å². The fraction of sp³-hybridized carbons (Fsp3) is 0.0667. The molecule has 3 aromatic rings. The number of hydrogen-bond donors (Lipinski definition) is 1. The van der Waals surface area contributed by atoms with Crippen LogP contribution in [0.5, 0.6) is 0 Å². The van der Waals surface area contributed by atoms with Gasteiger partial charge in [0.1, 0.15) is 0 Å². The first-order chi connectivity index (χ1) is 11.2. The Labute approximate surface area is 142 Å². The van der Waals surface area contributed by atoms with Crippen LogP contribution in [0.1, 0.15) is 5.82 Å². The summed E-state index contributed by atoms with van der Waals surface area (Å²) in [5.74, 6) is 0.684. The molecule has 1 N–H and O–H groups in total. The zero-order chi connectivity index (χ0) is 16.1. The first-order valence-electron chi connectivity index (χ1n) is 6.79. The number of hydrogen-bond acceptors (Lipinski definition) is 5. The Bertz CT molecular complexity index is 816. The number of halogens is 2. The first-order valence-corrected chi connectivity index (χ1v) is 7.55. The highest BCUT2D eigenvalue weighted by Crippen LogP contribution is 2.25. The van der Waals surface area contributed by atoms with Gasteiger partial charge in [-0.1, -0.05) is 41.4 Å². The lowest BCUT2D eigenvalue weighted by Gasteiger charge is -2.03. The van der Waals surface area contributed by atoms with E-state index < -0.39 is 0 Å². The monoisotopic (exact) mass is 346 g/mol. The molecule has 0 aliphatic rings. The van der Waals surface area contributed by atoms with Crippen molar-refractivity contribution < 1.29 is 0 Å². The van der Waals surface area contributed by atoms with Crippen molar-refractivity contribution in [2.45, 2.75) is 6.42 Å². The lowest BCUT2D eigenvalue weighted by atomic mass is 10.3. The van der Waals surface area contributed by atoms with Crippen LogP contribution < -0.4 is 5.43 Å². The van der Waals surface area contributed by atoms with E-state index in [2.05, 4.69) is 26.1 Å². The SMILES string of the molecule is Clc1ccc(N/N=C\Cc2nnnn2-c2ccccc2)c(Cl)c1. The number of rotatable bonds is 5. The maximum atomic E-state index is 6.06. The van der Waals surface area contributed by atoms with Crippen LogP contribution in [-0.2, 0) is 6.42 Å². The van der Waals surface area contributed by atoms with E-state index >= 15 is 0 Å². The molecule has 2 aromatic carbocycles. The Balaban J connectivity index is 1.66. The highest BCUT2D eigenvalue weighted by atomic mass is 35.5. The molecule has 0 unspecified atom stereocenters. The van der Waals surface area contributed by atoms with Gasteiger partial charge < -0.3 is 0 Å². The van der Waals surface area contributed by atoms with Gasteiger partial charge in [0.15, 0.2) is 5.82 Å². The third kappa shape index (κ3) is 3.85. The predicted molar refractivity (Wildman–Crippen MR) is 91.4 cm³/mol. The summed E-state index contributed by atoms with van der Waals surface area (Å²) in [6.45, 7) is 0. The largest absolute Gasteiger partial charge is 0.277 e. The fourth-order valence-corrected chi connectivity index (χ4v) is 2.38. The molecule has 116 valence electrons. The van der Waals surface area contributed by atoms with Crippen molar-refractivity contribution in [2.75, 3.05) is 5.43 Å². The average molecular weight is 347 g/mol. The van der Waals surface area contributed by atoms with E-state index in [9.17, 15) is 0 Å². The van der Waals surface area contributed by atoms with E-state index in [4.69, 9.17) is 23.2 Å². The van der Waals surface area contributed by atoms with Crippen molar-refractivity contribution in [1.82, 2.24) is 20.2 Å². The molecule has 0 spiro atoms. The second kappa shape index (κ2) is 7.21. The molecule has 0 fully saturated rings. The number of hydrazone groups is 1. The Hall–Kier alpha value is -2.44. The van der Waals surface area contributed by atoms with Gasteiger partial charge in [-0.25, -0.2) is 0 Å². The van der Waals surface area contributed by atoms with Crippen LogP contribution in [0, 0.1) is 0 Å². The van der Waals surface area contributed by atoms with E-state index in [-0.39, 0.29) is 0 Å². The van der Waals surface area contributed by atoms with Gasteiger partial charge in [-0.15, -0.1) is 5.10 Å². The lowest BCUT2D eigenvalue weighted by Crippen LogP contribution is -2.04. The third-order valence-corrected chi connectivity index (χ3v) is 3.56. The standard InChI is InChI=1S/C15H12Cl2N6/c16-11-6-7-14(13(17)10-11)19-18-9-8-15-20-21-22-23(15)12-4-2-1-3-5-12/h1-7,9-10,19H,8H2/b18-9-. The number of benzene rings is 2. The molecule has 3 rings (SSSR count). The fourth-order valence-electron chi connectivity index (χ4n) is 1.93. The quantitative estimate of drug-likeness (QED) is 0.566. The van der Waals surface area contributed by atoms with Crippen molar-refractivity contribution in [2.24, 2.45) is 5.10 Å². The smallest absolute Gasteiger partial charge is 0.162 e. The summed E-state index contributed by atoms with van der Waals surface area (Å²) in [6.07, 6.45) is 2.15. The molecule has 0 aliphatic heterocycles. The molecule has 8 heteroatoms. The molecule has 23 heavy (non-hydrogen) atoms. The van der Waals surface area contributed by atoms with Gasteiger partial charge in [0.2, 0.25) is 0 Å². The molecular weight excluding hydrogens is 335 g/mol. The third-order valence-electron chi connectivity index (χ3n) is 3.02. The topological polar surface area (TPSA) is 68.0 Å². The molecule has 0 atom stereocenters. The zero-order valence-corrected chi connectivity index (χ0v) is 13.4. The van der Waals surface area contributed by atoms with Crippen molar-refractivity contribution in [3.8, 4) is 5.69 Å². The van der Waals surface area contributed by atoms with Crippen molar-refractivity contribution in [3.63, 3.8) is 0 Å². The highest BCUT2D eigenvalue weighted by molar-refractivity contribution is 6.36. The van der Waals surface area contributed by atoms with E-state index in [0.717, 1.165) is 5.69 Å². The minimum Gasteiger partial charge on any atom is -0.277 e. The molecule has 0 amide bonds. The first kappa shape index (κ1) is 15.5. The Morgan fingerprint density at radius 2 is 1.96 bits per heavy atom. The Morgan fingerprint density at radius 1 is 1.13 bits per heavy atom. The Kier molecular flexibility index (Phi) is 4.85. The van der Waals surface area contributed by atoms with Gasteiger partial charge in [0, 0.05) is 17.7 Å². The second-order valence-electron chi connectivity index (χ2n) is 4.59. The molecule has 1 aromatic heterocycles. The van der Waals surface area contributed by atoms with Crippen molar-refractivity contribution in [1.29, 1.82) is 0 Å². The van der Waals surface area contributed by atoms with Crippen LogP contribution in [0.25, 0.3) is 5.69 Å². The lowest BCUT2D eigenvalue weighted by molar-refractivity contribution is 0.776. The number of para-hydroxylation sites is 1. The average Bonchev–Trinajstić information content (AvgIpc) is 3.02. The summed E-state index contributed by atoms with van der Waals surface area (Å²) in [5.41, 5.74) is 4.44. The normalized spacial score (nSPS) is 11.0. The van der Waals surface area contributed by atoms with Gasteiger partial charge >= 0.3 is 0 Å². The van der Waals surface area contributed by atoms with E-state index in [0.29, 0.717) is 28.0 Å².